The minimum Gasteiger partial charge on any atom is -0.497 e. The lowest BCUT2D eigenvalue weighted by molar-refractivity contribution is 0.0914. The first-order valence-corrected chi connectivity index (χ1v) is 9.09. The second-order valence-electron chi connectivity index (χ2n) is 5.39. The van der Waals surface area contributed by atoms with Crippen molar-refractivity contribution in [3.05, 3.63) is 41.7 Å². The molecule has 7 heteroatoms. The fourth-order valence-corrected chi connectivity index (χ4v) is 2.87. The van der Waals surface area contributed by atoms with Crippen LogP contribution in [0.25, 0.3) is 5.69 Å². The van der Waals surface area contributed by atoms with Crippen LogP contribution in [0.1, 0.15) is 22.5 Å². The maximum atomic E-state index is 12.4. The molecule has 0 radical (unpaired) electrons. The summed E-state index contributed by atoms with van der Waals surface area (Å²) in [5.74, 6) is 1.43. The summed E-state index contributed by atoms with van der Waals surface area (Å²) in [5, 5.41) is 16.6. The van der Waals surface area contributed by atoms with Gasteiger partial charge in [0.15, 0.2) is 0 Å². The molecular formula is C17H23N3O3S. The highest BCUT2D eigenvalue weighted by atomic mass is 32.2. The number of aliphatic hydroxyl groups is 1. The molecule has 0 aliphatic heterocycles. The van der Waals surface area contributed by atoms with Gasteiger partial charge in [0.25, 0.3) is 5.91 Å². The quantitative estimate of drug-likeness (QED) is 0.763. The summed E-state index contributed by atoms with van der Waals surface area (Å²) in [6, 6.07) is 7.22. The SMILES string of the molecule is COc1ccc(-n2ncc(C(=O)NC(CO)CCSC)c2C)cc1. The van der Waals surface area contributed by atoms with Crippen molar-refractivity contribution in [2.45, 2.75) is 19.4 Å². The maximum absolute atomic E-state index is 12.4. The first-order chi connectivity index (χ1) is 11.6. The van der Waals surface area contributed by atoms with Gasteiger partial charge in [-0.15, -0.1) is 0 Å². The monoisotopic (exact) mass is 349 g/mol. The third-order valence-electron chi connectivity index (χ3n) is 3.80. The number of amides is 1. The molecule has 2 N–H and O–H groups in total. The Balaban J connectivity index is 2.14. The van der Waals surface area contributed by atoms with E-state index in [1.165, 1.54) is 0 Å². The standard InChI is InChI=1S/C17H23N3O3S/c1-12-16(17(22)19-13(11-21)8-9-24-3)10-18-20(12)14-4-6-15(23-2)7-5-14/h4-7,10,13,21H,8-9,11H2,1-3H3,(H,19,22). The number of hydrogen-bond donors (Lipinski definition) is 2. The molecule has 0 saturated carbocycles. The van der Waals surface area contributed by atoms with Crippen molar-refractivity contribution in [1.82, 2.24) is 15.1 Å². The highest BCUT2D eigenvalue weighted by Crippen LogP contribution is 2.18. The van der Waals surface area contributed by atoms with E-state index in [9.17, 15) is 9.90 Å². The molecule has 6 nitrogen and oxygen atoms in total. The Hall–Kier alpha value is -1.99. The molecule has 0 aliphatic rings. The number of ether oxygens (including phenoxy) is 1. The Labute approximate surface area is 146 Å². The van der Waals surface area contributed by atoms with Gasteiger partial charge in [-0.25, -0.2) is 4.68 Å². The van der Waals surface area contributed by atoms with Crippen LogP contribution in [0.2, 0.25) is 0 Å². The molecule has 0 aliphatic carbocycles. The second-order valence-corrected chi connectivity index (χ2v) is 6.37. The van der Waals surface area contributed by atoms with Gasteiger partial charge < -0.3 is 15.2 Å². The predicted molar refractivity (Wildman–Crippen MR) is 96.2 cm³/mol. The molecule has 2 rings (SSSR count). The van der Waals surface area contributed by atoms with Crippen LogP contribution in [0.4, 0.5) is 0 Å². The summed E-state index contributed by atoms with van der Waals surface area (Å²) in [4.78, 5) is 12.4. The number of benzene rings is 1. The van der Waals surface area contributed by atoms with Gasteiger partial charge in [-0.3, -0.25) is 4.79 Å². The molecule has 130 valence electrons. The molecule has 2 aromatic rings. The highest BCUT2D eigenvalue weighted by Gasteiger charge is 2.18. The van der Waals surface area contributed by atoms with Gasteiger partial charge in [-0.2, -0.15) is 16.9 Å². The van der Waals surface area contributed by atoms with E-state index in [4.69, 9.17) is 4.74 Å². The van der Waals surface area contributed by atoms with Crippen LogP contribution in [0.3, 0.4) is 0 Å². The summed E-state index contributed by atoms with van der Waals surface area (Å²) in [6.45, 7) is 1.78. The lowest BCUT2D eigenvalue weighted by Crippen LogP contribution is -2.38. The van der Waals surface area contributed by atoms with E-state index < -0.39 is 0 Å². The number of carbonyl (C=O) groups is 1. The van der Waals surface area contributed by atoms with Crippen LogP contribution in [0, 0.1) is 6.92 Å². The fraction of sp³-hybridized carbons (Fsp3) is 0.412. The van der Waals surface area contributed by atoms with Gasteiger partial charge in [0, 0.05) is 0 Å². The Morgan fingerprint density at radius 3 is 2.71 bits per heavy atom. The average molecular weight is 349 g/mol. The van der Waals surface area contributed by atoms with Crippen LogP contribution in [0.15, 0.2) is 30.5 Å². The first-order valence-electron chi connectivity index (χ1n) is 7.70. The molecule has 0 bridgehead atoms. The largest absolute Gasteiger partial charge is 0.497 e. The average Bonchev–Trinajstić information content (AvgIpc) is 3.00. The van der Waals surface area contributed by atoms with E-state index in [1.54, 1.807) is 29.8 Å². The van der Waals surface area contributed by atoms with Crippen molar-refractivity contribution in [2.24, 2.45) is 0 Å². The lowest BCUT2D eigenvalue weighted by Gasteiger charge is -2.15. The zero-order chi connectivity index (χ0) is 17.5. The number of carbonyl (C=O) groups excluding carboxylic acids is 1. The summed E-state index contributed by atoms with van der Waals surface area (Å²) in [7, 11) is 1.62. The van der Waals surface area contributed by atoms with E-state index >= 15 is 0 Å². The van der Waals surface area contributed by atoms with Crippen molar-refractivity contribution < 1.29 is 14.6 Å². The molecule has 1 atom stereocenters. The Morgan fingerprint density at radius 1 is 1.42 bits per heavy atom. The summed E-state index contributed by atoms with van der Waals surface area (Å²) in [6.07, 6.45) is 4.28. The number of aromatic nitrogens is 2. The van der Waals surface area contributed by atoms with Gasteiger partial charge in [0.1, 0.15) is 5.75 Å². The van der Waals surface area contributed by atoms with Crippen molar-refractivity contribution in [1.29, 1.82) is 0 Å². The Kier molecular flexibility index (Phi) is 6.69. The van der Waals surface area contributed by atoms with Crippen molar-refractivity contribution >= 4 is 17.7 Å². The van der Waals surface area contributed by atoms with E-state index in [0.29, 0.717) is 5.56 Å². The van der Waals surface area contributed by atoms with Crippen LogP contribution in [-0.2, 0) is 0 Å². The summed E-state index contributed by atoms with van der Waals surface area (Å²) in [5.41, 5.74) is 2.11. The zero-order valence-corrected chi connectivity index (χ0v) is 15.0. The minimum absolute atomic E-state index is 0.0715. The summed E-state index contributed by atoms with van der Waals surface area (Å²) < 4.78 is 6.86. The maximum Gasteiger partial charge on any atom is 0.255 e. The molecule has 1 amide bonds. The van der Waals surface area contributed by atoms with Crippen molar-refractivity contribution in [3.8, 4) is 11.4 Å². The second kappa shape index (κ2) is 8.75. The smallest absolute Gasteiger partial charge is 0.255 e. The molecule has 1 heterocycles. The minimum atomic E-state index is -0.242. The molecule has 1 unspecified atom stereocenters. The number of nitrogens with one attached hydrogen (secondary N) is 1. The van der Waals surface area contributed by atoms with Crippen LogP contribution in [0.5, 0.6) is 5.75 Å². The highest BCUT2D eigenvalue weighted by molar-refractivity contribution is 7.98. The summed E-state index contributed by atoms with van der Waals surface area (Å²) >= 11 is 1.69. The topological polar surface area (TPSA) is 76.4 Å². The first kappa shape index (κ1) is 18.4. The molecule has 0 saturated heterocycles. The molecule has 1 aromatic carbocycles. The van der Waals surface area contributed by atoms with Gasteiger partial charge in [-0.1, -0.05) is 0 Å². The fourth-order valence-electron chi connectivity index (χ4n) is 2.35. The third-order valence-corrected chi connectivity index (χ3v) is 4.44. The van der Waals surface area contributed by atoms with Crippen LogP contribution in [-0.4, -0.2) is 52.6 Å². The predicted octanol–water partition coefficient (Wildman–Crippen LogP) is 2.03. The van der Waals surface area contributed by atoms with E-state index in [2.05, 4.69) is 10.4 Å². The molecule has 24 heavy (non-hydrogen) atoms. The van der Waals surface area contributed by atoms with Gasteiger partial charge in [-0.05, 0) is 49.6 Å². The number of nitrogens with zero attached hydrogens (tertiary/aromatic N) is 2. The lowest BCUT2D eigenvalue weighted by atomic mass is 10.2. The number of aliphatic hydroxyl groups excluding tert-OH is 1. The van der Waals surface area contributed by atoms with Crippen LogP contribution >= 0.6 is 11.8 Å². The van der Waals surface area contributed by atoms with Crippen molar-refractivity contribution in [3.63, 3.8) is 0 Å². The van der Waals surface area contributed by atoms with Gasteiger partial charge >= 0.3 is 0 Å². The zero-order valence-electron chi connectivity index (χ0n) is 14.2. The molecule has 1 aromatic heterocycles. The number of rotatable bonds is 8. The van der Waals surface area contributed by atoms with E-state index in [1.807, 2.05) is 37.4 Å². The molecule has 0 spiro atoms. The van der Waals surface area contributed by atoms with E-state index in [-0.39, 0.29) is 18.6 Å². The normalized spacial score (nSPS) is 12.0. The van der Waals surface area contributed by atoms with E-state index in [0.717, 1.165) is 29.3 Å². The van der Waals surface area contributed by atoms with Crippen LogP contribution < -0.4 is 10.1 Å². The number of thioether (sulfide) groups is 1. The molecule has 0 fully saturated rings. The molecular weight excluding hydrogens is 326 g/mol. The van der Waals surface area contributed by atoms with Gasteiger partial charge in [0.05, 0.1) is 42.9 Å². The Morgan fingerprint density at radius 2 is 2.12 bits per heavy atom. The van der Waals surface area contributed by atoms with Gasteiger partial charge in [0.2, 0.25) is 0 Å². The number of methoxy groups -OCH3 is 1. The Bertz CT molecular complexity index is 670. The number of hydrogen-bond acceptors (Lipinski definition) is 5. The third kappa shape index (κ3) is 4.30. The van der Waals surface area contributed by atoms with Crippen molar-refractivity contribution in [2.75, 3.05) is 25.7 Å².